The van der Waals surface area contributed by atoms with E-state index in [1.807, 2.05) is 22.6 Å². The number of aromatic nitrogens is 1. The van der Waals surface area contributed by atoms with E-state index in [1.54, 1.807) is 0 Å². The van der Waals surface area contributed by atoms with E-state index in [0.717, 1.165) is 3.57 Å². The van der Waals surface area contributed by atoms with E-state index in [0.29, 0.717) is 11.1 Å². The van der Waals surface area contributed by atoms with Crippen molar-refractivity contribution in [1.82, 2.24) is 4.98 Å². The molecule has 1 rings (SSSR count). The van der Waals surface area contributed by atoms with Gasteiger partial charge in [-0.05, 0) is 35.1 Å². The van der Waals surface area contributed by atoms with Crippen molar-refractivity contribution in [1.29, 1.82) is 0 Å². The van der Waals surface area contributed by atoms with E-state index in [9.17, 15) is 13.2 Å². The van der Waals surface area contributed by atoms with Crippen LogP contribution in [0.25, 0.3) is 0 Å². The lowest BCUT2D eigenvalue weighted by Crippen LogP contribution is -2.19. The van der Waals surface area contributed by atoms with E-state index in [2.05, 4.69) is 9.72 Å². The Balaban J connectivity index is 3.11. The molecule has 0 aromatic carbocycles. The maximum atomic E-state index is 12.0. The van der Waals surface area contributed by atoms with Crippen LogP contribution in [0.4, 0.5) is 13.2 Å². The van der Waals surface area contributed by atoms with Gasteiger partial charge in [-0.1, -0.05) is 0 Å². The molecule has 0 unspecified atom stereocenters. The number of rotatable bonds is 2. The zero-order valence-corrected chi connectivity index (χ0v) is 9.89. The molecule has 0 atom stereocenters. The third kappa shape index (κ3) is 3.20. The molecular weight excluding hydrogens is 324 g/mol. The predicted molar refractivity (Wildman–Crippen MR) is 56.3 cm³/mol. The Morgan fingerprint density at radius 1 is 1.53 bits per heavy atom. The van der Waals surface area contributed by atoms with Gasteiger partial charge in [-0.25, -0.2) is 4.98 Å². The fourth-order valence-electron chi connectivity index (χ4n) is 1.06. The Morgan fingerprint density at radius 3 is 2.60 bits per heavy atom. The first-order chi connectivity index (χ1) is 6.85. The summed E-state index contributed by atoms with van der Waals surface area (Å²) in [5, 5.41) is 0. The van der Waals surface area contributed by atoms with Crippen molar-refractivity contribution in [2.24, 2.45) is 5.73 Å². The van der Waals surface area contributed by atoms with Gasteiger partial charge in [0.15, 0.2) is 0 Å². The second-order valence-corrected chi connectivity index (χ2v) is 3.93. The van der Waals surface area contributed by atoms with Gasteiger partial charge in [-0.2, -0.15) is 0 Å². The first kappa shape index (κ1) is 12.5. The molecule has 2 N–H and O–H groups in total. The molecule has 1 aromatic heterocycles. The van der Waals surface area contributed by atoms with Crippen LogP contribution >= 0.6 is 22.6 Å². The number of nitrogens with two attached hydrogens (primary N) is 1. The Bertz CT molecular complexity index is 368. The van der Waals surface area contributed by atoms with Gasteiger partial charge in [0.05, 0.1) is 0 Å². The van der Waals surface area contributed by atoms with Crippen LogP contribution in [0.1, 0.15) is 11.1 Å². The quantitative estimate of drug-likeness (QED) is 0.846. The molecular formula is C8H8F3IN2O. The first-order valence-electron chi connectivity index (χ1n) is 3.95. The summed E-state index contributed by atoms with van der Waals surface area (Å²) in [5.41, 5.74) is 6.35. The van der Waals surface area contributed by atoms with Crippen LogP contribution in [0.5, 0.6) is 5.88 Å². The van der Waals surface area contributed by atoms with Crippen molar-refractivity contribution in [3.8, 4) is 5.88 Å². The molecule has 84 valence electrons. The second kappa shape index (κ2) is 4.52. The summed E-state index contributed by atoms with van der Waals surface area (Å²) in [7, 11) is 0. The summed E-state index contributed by atoms with van der Waals surface area (Å²) in [6, 6.07) is 0. The molecule has 1 heterocycles. The van der Waals surface area contributed by atoms with Crippen molar-refractivity contribution in [3.63, 3.8) is 0 Å². The van der Waals surface area contributed by atoms with Crippen LogP contribution in [-0.4, -0.2) is 11.3 Å². The molecule has 3 nitrogen and oxygen atoms in total. The van der Waals surface area contributed by atoms with Gasteiger partial charge in [0.2, 0.25) is 5.88 Å². The van der Waals surface area contributed by atoms with Gasteiger partial charge in [0.25, 0.3) is 0 Å². The first-order valence-corrected chi connectivity index (χ1v) is 5.03. The molecule has 0 aliphatic heterocycles. The second-order valence-electron chi connectivity index (χ2n) is 2.77. The Hall–Kier alpha value is -0.570. The van der Waals surface area contributed by atoms with Crippen LogP contribution in [-0.2, 0) is 6.54 Å². The summed E-state index contributed by atoms with van der Waals surface area (Å²) in [4.78, 5) is 3.57. The summed E-state index contributed by atoms with van der Waals surface area (Å²) >= 11 is 1.96. The van der Waals surface area contributed by atoms with Crippen LogP contribution in [0.15, 0.2) is 6.20 Å². The highest BCUT2D eigenvalue weighted by atomic mass is 127. The molecule has 0 saturated heterocycles. The number of ether oxygens (including phenoxy) is 1. The lowest BCUT2D eigenvalue weighted by Gasteiger charge is -2.13. The predicted octanol–water partition coefficient (Wildman–Crippen LogP) is 2.35. The summed E-state index contributed by atoms with van der Waals surface area (Å²) in [6.07, 6.45) is -3.42. The molecule has 0 bridgehead atoms. The Labute approximate surface area is 98.0 Å². The zero-order valence-electron chi connectivity index (χ0n) is 7.73. The van der Waals surface area contributed by atoms with E-state index in [-0.39, 0.29) is 6.54 Å². The Kier molecular flexibility index (Phi) is 3.77. The van der Waals surface area contributed by atoms with Gasteiger partial charge < -0.3 is 10.5 Å². The lowest BCUT2D eigenvalue weighted by molar-refractivity contribution is -0.276. The minimum Gasteiger partial charge on any atom is -0.388 e. The topological polar surface area (TPSA) is 48.1 Å². The highest BCUT2D eigenvalue weighted by Gasteiger charge is 2.32. The monoisotopic (exact) mass is 332 g/mol. The number of pyridine rings is 1. The minimum atomic E-state index is -4.73. The van der Waals surface area contributed by atoms with Gasteiger partial charge >= 0.3 is 6.36 Å². The van der Waals surface area contributed by atoms with Crippen molar-refractivity contribution in [2.45, 2.75) is 19.8 Å². The van der Waals surface area contributed by atoms with E-state index < -0.39 is 12.2 Å². The van der Waals surface area contributed by atoms with Gasteiger partial charge in [-0.3, -0.25) is 0 Å². The molecule has 0 aliphatic carbocycles. The molecule has 15 heavy (non-hydrogen) atoms. The van der Waals surface area contributed by atoms with Gasteiger partial charge in [0, 0.05) is 21.9 Å². The highest BCUT2D eigenvalue weighted by Crippen LogP contribution is 2.27. The number of hydrogen-bond donors (Lipinski definition) is 1. The van der Waals surface area contributed by atoms with E-state index in [1.165, 1.54) is 13.1 Å². The lowest BCUT2D eigenvalue weighted by atomic mass is 10.1. The van der Waals surface area contributed by atoms with Crippen molar-refractivity contribution in [3.05, 3.63) is 20.9 Å². The molecule has 0 fully saturated rings. The fraction of sp³-hybridized carbons (Fsp3) is 0.375. The average molecular weight is 332 g/mol. The molecule has 0 saturated carbocycles. The Morgan fingerprint density at radius 2 is 2.13 bits per heavy atom. The average Bonchev–Trinajstić information content (AvgIpc) is 2.09. The normalized spacial score (nSPS) is 11.6. The SMILES string of the molecule is Cc1c(OC(F)(F)F)ncc(I)c1CN. The molecule has 7 heteroatoms. The van der Waals surface area contributed by atoms with E-state index in [4.69, 9.17) is 5.73 Å². The number of nitrogens with zero attached hydrogens (tertiary/aromatic N) is 1. The fourth-order valence-corrected chi connectivity index (χ4v) is 1.83. The molecule has 0 aliphatic rings. The zero-order chi connectivity index (χ0) is 11.6. The van der Waals surface area contributed by atoms with Crippen molar-refractivity contribution < 1.29 is 17.9 Å². The standard InChI is InChI=1S/C8H8F3IN2O/c1-4-5(2-13)6(12)3-14-7(4)15-8(9,10)11/h3H,2,13H2,1H3. The molecule has 0 amide bonds. The van der Waals surface area contributed by atoms with Crippen LogP contribution < -0.4 is 10.5 Å². The summed E-state index contributed by atoms with van der Waals surface area (Å²) < 4.78 is 40.4. The van der Waals surface area contributed by atoms with Gasteiger partial charge in [-0.15, -0.1) is 13.2 Å². The van der Waals surface area contributed by atoms with Crippen molar-refractivity contribution >= 4 is 22.6 Å². The molecule has 1 aromatic rings. The molecule has 0 spiro atoms. The molecule has 0 radical (unpaired) electrons. The van der Waals surface area contributed by atoms with E-state index >= 15 is 0 Å². The highest BCUT2D eigenvalue weighted by molar-refractivity contribution is 14.1. The van der Waals surface area contributed by atoms with Crippen LogP contribution in [0.2, 0.25) is 0 Å². The summed E-state index contributed by atoms with van der Waals surface area (Å²) in [6.45, 7) is 1.65. The smallest absolute Gasteiger partial charge is 0.388 e. The van der Waals surface area contributed by atoms with Crippen LogP contribution in [0.3, 0.4) is 0 Å². The number of hydrogen-bond acceptors (Lipinski definition) is 3. The maximum absolute atomic E-state index is 12.0. The number of halogens is 4. The van der Waals surface area contributed by atoms with Crippen LogP contribution in [0, 0.1) is 10.5 Å². The third-order valence-electron chi connectivity index (χ3n) is 1.77. The maximum Gasteiger partial charge on any atom is 0.574 e. The largest absolute Gasteiger partial charge is 0.574 e. The van der Waals surface area contributed by atoms with Gasteiger partial charge in [0.1, 0.15) is 0 Å². The third-order valence-corrected chi connectivity index (χ3v) is 2.70. The minimum absolute atomic E-state index is 0.154. The van der Waals surface area contributed by atoms with Crippen molar-refractivity contribution in [2.75, 3.05) is 0 Å². The summed E-state index contributed by atoms with van der Waals surface area (Å²) in [5.74, 6) is -0.441. The number of alkyl halides is 3.